The molecule has 5 heteroatoms. The van der Waals surface area contributed by atoms with Crippen LogP contribution in [-0.4, -0.2) is 6.04 Å². The predicted molar refractivity (Wildman–Crippen MR) is 69.3 cm³/mol. The van der Waals surface area contributed by atoms with E-state index >= 15 is 0 Å². The number of halogens is 2. The highest BCUT2D eigenvalue weighted by molar-refractivity contribution is 5.25. The smallest absolute Gasteiger partial charge is 0.165 e. The fraction of sp³-hybridized carbons (Fsp3) is 0.333. The summed E-state index contributed by atoms with van der Waals surface area (Å²) in [5.41, 5.74) is 1.02. The minimum absolute atomic E-state index is 0.0732. The van der Waals surface area contributed by atoms with E-state index in [1.165, 1.54) is 12.8 Å². The summed E-state index contributed by atoms with van der Waals surface area (Å²) >= 11 is 0. The molecule has 1 saturated carbocycles. The van der Waals surface area contributed by atoms with Crippen molar-refractivity contribution in [1.29, 1.82) is 0 Å². The van der Waals surface area contributed by atoms with Gasteiger partial charge in [-0.25, -0.2) is 8.78 Å². The van der Waals surface area contributed by atoms with Gasteiger partial charge in [-0.3, -0.25) is 0 Å². The van der Waals surface area contributed by atoms with E-state index in [0.29, 0.717) is 11.8 Å². The van der Waals surface area contributed by atoms with Crippen molar-refractivity contribution in [3.8, 4) is 5.75 Å². The van der Waals surface area contributed by atoms with Gasteiger partial charge in [0.25, 0.3) is 0 Å². The zero-order valence-corrected chi connectivity index (χ0v) is 10.9. The van der Waals surface area contributed by atoms with E-state index in [2.05, 4.69) is 5.32 Å². The Balaban J connectivity index is 1.55. The number of rotatable bonds is 6. The molecule has 1 aromatic heterocycles. The van der Waals surface area contributed by atoms with Crippen molar-refractivity contribution in [2.75, 3.05) is 0 Å². The van der Waals surface area contributed by atoms with Crippen LogP contribution in [0.4, 0.5) is 8.78 Å². The van der Waals surface area contributed by atoms with Gasteiger partial charge in [0, 0.05) is 24.2 Å². The van der Waals surface area contributed by atoms with E-state index in [9.17, 15) is 8.78 Å². The number of furan rings is 1. The van der Waals surface area contributed by atoms with Crippen LogP contribution in [-0.2, 0) is 13.2 Å². The summed E-state index contributed by atoms with van der Waals surface area (Å²) < 4.78 is 36.9. The summed E-state index contributed by atoms with van der Waals surface area (Å²) in [5, 5.41) is 3.37. The molecule has 0 atom stereocenters. The Hall–Kier alpha value is -1.88. The molecule has 20 heavy (non-hydrogen) atoms. The van der Waals surface area contributed by atoms with Crippen LogP contribution in [0.2, 0.25) is 0 Å². The van der Waals surface area contributed by atoms with Crippen molar-refractivity contribution >= 4 is 0 Å². The first-order chi connectivity index (χ1) is 9.70. The Labute approximate surface area is 115 Å². The van der Waals surface area contributed by atoms with Crippen molar-refractivity contribution in [2.45, 2.75) is 32.0 Å². The van der Waals surface area contributed by atoms with Gasteiger partial charge in [0.05, 0.1) is 6.26 Å². The Kier molecular flexibility index (Phi) is 3.69. The summed E-state index contributed by atoms with van der Waals surface area (Å²) in [6.45, 7) is 0.826. The third-order valence-corrected chi connectivity index (χ3v) is 3.14. The van der Waals surface area contributed by atoms with Crippen LogP contribution in [0.15, 0.2) is 34.9 Å². The van der Waals surface area contributed by atoms with Crippen molar-refractivity contribution in [1.82, 2.24) is 5.32 Å². The molecule has 0 aliphatic heterocycles. The largest absolute Gasteiger partial charge is 0.482 e. The van der Waals surface area contributed by atoms with E-state index in [1.807, 2.05) is 6.07 Å². The normalized spacial score (nSPS) is 14.5. The maximum absolute atomic E-state index is 13.4. The second-order valence-electron chi connectivity index (χ2n) is 4.94. The third kappa shape index (κ3) is 3.36. The standard InChI is InChI=1S/C15H15F2NO2/c16-11-1-4-14(17)15(6-11)20-9-13-5-10(8-19-13)7-18-12-2-3-12/h1,4-6,8,12,18H,2-3,7,9H2. The lowest BCUT2D eigenvalue weighted by molar-refractivity contribution is 0.257. The molecule has 0 radical (unpaired) electrons. The van der Waals surface area contributed by atoms with E-state index in [-0.39, 0.29) is 12.4 Å². The Bertz CT molecular complexity index is 593. The van der Waals surface area contributed by atoms with Gasteiger partial charge in [-0.1, -0.05) is 0 Å². The first kappa shape index (κ1) is 13.1. The minimum Gasteiger partial charge on any atom is -0.482 e. The minimum atomic E-state index is -0.589. The number of ether oxygens (including phenoxy) is 1. The van der Waals surface area contributed by atoms with Crippen LogP contribution in [0, 0.1) is 11.6 Å². The lowest BCUT2D eigenvalue weighted by atomic mass is 10.3. The molecule has 3 rings (SSSR count). The predicted octanol–water partition coefficient (Wildman–Crippen LogP) is 3.39. The lowest BCUT2D eigenvalue weighted by Crippen LogP contribution is -2.14. The Morgan fingerprint density at radius 2 is 2.10 bits per heavy atom. The van der Waals surface area contributed by atoms with Gasteiger partial charge in [-0.2, -0.15) is 0 Å². The van der Waals surface area contributed by atoms with Crippen LogP contribution in [0.25, 0.3) is 0 Å². The summed E-state index contributed by atoms with van der Waals surface area (Å²) in [6, 6.07) is 5.60. The van der Waals surface area contributed by atoms with Crippen molar-refractivity contribution in [2.24, 2.45) is 0 Å². The van der Waals surface area contributed by atoms with E-state index < -0.39 is 11.6 Å². The van der Waals surface area contributed by atoms with Crippen LogP contribution in [0.5, 0.6) is 5.75 Å². The second-order valence-corrected chi connectivity index (χ2v) is 4.94. The number of hydrogen-bond acceptors (Lipinski definition) is 3. The number of benzene rings is 1. The maximum atomic E-state index is 13.4. The van der Waals surface area contributed by atoms with Gasteiger partial charge in [0.2, 0.25) is 0 Å². The molecular weight excluding hydrogens is 264 g/mol. The van der Waals surface area contributed by atoms with Crippen molar-refractivity contribution in [3.63, 3.8) is 0 Å². The molecule has 0 bridgehead atoms. The zero-order chi connectivity index (χ0) is 13.9. The quantitative estimate of drug-likeness (QED) is 0.880. The zero-order valence-electron chi connectivity index (χ0n) is 10.9. The maximum Gasteiger partial charge on any atom is 0.165 e. The molecule has 0 unspecified atom stereocenters. The molecule has 1 aromatic carbocycles. The highest BCUT2D eigenvalue weighted by Gasteiger charge is 2.20. The van der Waals surface area contributed by atoms with Crippen LogP contribution >= 0.6 is 0 Å². The topological polar surface area (TPSA) is 34.4 Å². The molecule has 2 aromatic rings. The molecular formula is C15H15F2NO2. The highest BCUT2D eigenvalue weighted by atomic mass is 19.1. The molecule has 0 spiro atoms. The lowest BCUT2D eigenvalue weighted by Gasteiger charge is -2.05. The van der Waals surface area contributed by atoms with E-state index in [4.69, 9.17) is 9.15 Å². The fourth-order valence-corrected chi connectivity index (χ4v) is 1.88. The molecule has 3 nitrogen and oxygen atoms in total. The van der Waals surface area contributed by atoms with Crippen LogP contribution < -0.4 is 10.1 Å². The summed E-state index contributed by atoms with van der Waals surface area (Å²) in [5.74, 6) is -0.649. The highest BCUT2D eigenvalue weighted by Crippen LogP contribution is 2.21. The van der Waals surface area contributed by atoms with Gasteiger partial charge in [-0.05, 0) is 31.0 Å². The van der Waals surface area contributed by atoms with Gasteiger partial charge in [-0.15, -0.1) is 0 Å². The number of nitrogens with one attached hydrogen (secondary N) is 1. The van der Waals surface area contributed by atoms with E-state index in [0.717, 1.165) is 30.3 Å². The average Bonchev–Trinajstić information content (AvgIpc) is 3.16. The first-order valence-electron chi connectivity index (χ1n) is 6.58. The van der Waals surface area contributed by atoms with Crippen molar-refractivity contribution < 1.29 is 17.9 Å². The summed E-state index contributed by atoms with van der Waals surface area (Å²) in [7, 11) is 0. The molecule has 1 heterocycles. The fourth-order valence-electron chi connectivity index (χ4n) is 1.88. The van der Waals surface area contributed by atoms with Gasteiger partial charge < -0.3 is 14.5 Å². The second kappa shape index (κ2) is 5.63. The molecule has 1 aliphatic carbocycles. The van der Waals surface area contributed by atoms with Crippen LogP contribution in [0.1, 0.15) is 24.2 Å². The average molecular weight is 279 g/mol. The first-order valence-corrected chi connectivity index (χ1v) is 6.58. The van der Waals surface area contributed by atoms with Gasteiger partial charge in [0.1, 0.15) is 18.2 Å². The SMILES string of the molecule is Fc1ccc(F)c(OCc2cc(CNC3CC3)co2)c1. The monoisotopic (exact) mass is 279 g/mol. The van der Waals surface area contributed by atoms with Crippen molar-refractivity contribution in [3.05, 3.63) is 53.5 Å². The molecule has 106 valence electrons. The Morgan fingerprint density at radius 1 is 1.25 bits per heavy atom. The van der Waals surface area contributed by atoms with E-state index in [1.54, 1.807) is 6.26 Å². The Morgan fingerprint density at radius 3 is 2.90 bits per heavy atom. The third-order valence-electron chi connectivity index (χ3n) is 3.14. The molecule has 1 N–H and O–H groups in total. The van der Waals surface area contributed by atoms with Gasteiger partial charge in [0.15, 0.2) is 11.6 Å². The molecule has 0 saturated heterocycles. The van der Waals surface area contributed by atoms with Crippen LogP contribution in [0.3, 0.4) is 0 Å². The van der Waals surface area contributed by atoms with Gasteiger partial charge >= 0.3 is 0 Å². The summed E-state index contributed by atoms with van der Waals surface area (Å²) in [6.07, 6.45) is 4.11. The molecule has 1 aliphatic rings. The number of hydrogen-bond donors (Lipinski definition) is 1. The molecule has 1 fully saturated rings. The molecule has 0 amide bonds. The summed E-state index contributed by atoms with van der Waals surface area (Å²) in [4.78, 5) is 0.